The lowest BCUT2D eigenvalue weighted by molar-refractivity contribution is 0.0729. The first-order valence-electron chi connectivity index (χ1n) is 10.1. The molecule has 2 aromatic heterocycles. The van der Waals surface area contributed by atoms with Crippen molar-refractivity contribution < 1.29 is 14.3 Å². The Labute approximate surface area is 184 Å². The van der Waals surface area contributed by atoms with Crippen molar-refractivity contribution in [3.8, 4) is 11.5 Å². The minimum atomic E-state index is -0.476. The molecular formula is C24H24N4O4. The molecule has 0 spiro atoms. The molecule has 8 nitrogen and oxygen atoms in total. The quantitative estimate of drug-likeness (QED) is 0.317. The maximum absolute atomic E-state index is 12.6. The number of aromatic amines is 3. The molecule has 0 aliphatic rings. The number of nitrogens with one attached hydrogen (secondary N) is 3. The molecule has 0 radical (unpaired) electrons. The van der Waals surface area contributed by atoms with Crippen LogP contribution in [0.2, 0.25) is 0 Å². The molecule has 8 heteroatoms. The summed E-state index contributed by atoms with van der Waals surface area (Å²) in [6, 6.07) is 12.4. The molecule has 0 unspecified atom stereocenters. The van der Waals surface area contributed by atoms with E-state index in [9.17, 15) is 9.59 Å². The lowest BCUT2D eigenvalue weighted by Crippen LogP contribution is -2.15. The molecule has 0 aliphatic heterocycles. The highest BCUT2D eigenvalue weighted by Crippen LogP contribution is 2.37. The number of rotatable bonds is 6. The van der Waals surface area contributed by atoms with Crippen LogP contribution in [0.1, 0.15) is 49.9 Å². The third-order valence-corrected chi connectivity index (χ3v) is 5.49. The number of hydrogen-bond acceptors (Lipinski definition) is 5. The standard InChI is InChI=1S/C24H24N4O4/c1-13-5-7-16(8-6-13)24(30)32-19-10-9-17(11-20(19)31-4)22(18-12-25-26-14(18)2)21-15(3)27-28-23(21)29/h5-12,22H,1-4H3,(H,25,26)(H2,27,28,29)/t22-/m1/s1. The topological polar surface area (TPSA) is 113 Å². The van der Waals surface area contributed by atoms with Gasteiger partial charge in [-0.1, -0.05) is 23.8 Å². The lowest BCUT2D eigenvalue weighted by Gasteiger charge is -2.18. The Bertz CT molecular complexity index is 1310. The summed E-state index contributed by atoms with van der Waals surface area (Å²) in [5, 5.41) is 12.6. The maximum Gasteiger partial charge on any atom is 0.343 e. The van der Waals surface area contributed by atoms with Gasteiger partial charge in [0.2, 0.25) is 0 Å². The minimum Gasteiger partial charge on any atom is -0.493 e. The third kappa shape index (κ3) is 3.94. The zero-order chi connectivity index (χ0) is 22.8. The second kappa shape index (κ2) is 8.58. The number of carbonyl (C=O) groups excluding carboxylic acids is 1. The molecular weight excluding hydrogens is 408 g/mol. The summed E-state index contributed by atoms with van der Waals surface area (Å²) in [5.41, 5.74) is 5.13. The molecule has 0 saturated heterocycles. The van der Waals surface area contributed by atoms with E-state index < -0.39 is 5.97 Å². The van der Waals surface area contributed by atoms with Crippen LogP contribution >= 0.6 is 0 Å². The van der Waals surface area contributed by atoms with Crippen LogP contribution in [0, 0.1) is 20.8 Å². The number of hydrogen-bond donors (Lipinski definition) is 3. The number of aryl methyl sites for hydroxylation is 3. The van der Waals surface area contributed by atoms with Crippen molar-refractivity contribution in [2.45, 2.75) is 26.7 Å². The largest absolute Gasteiger partial charge is 0.493 e. The summed E-state index contributed by atoms with van der Waals surface area (Å²) < 4.78 is 11.1. The van der Waals surface area contributed by atoms with E-state index >= 15 is 0 Å². The Balaban J connectivity index is 1.74. The zero-order valence-electron chi connectivity index (χ0n) is 18.3. The normalized spacial score (nSPS) is 11.9. The van der Waals surface area contributed by atoms with Crippen LogP contribution in [0.3, 0.4) is 0 Å². The lowest BCUT2D eigenvalue weighted by atomic mass is 9.85. The average Bonchev–Trinajstić information content (AvgIpc) is 3.35. The molecule has 4 aromatic rings. The van der Waals surface area contributed by atoms with Gasteiger partial charge in [-0.05, 0) is 50.6 Å². The highest BCUT2D eigenvalue weighted by atomic mass is 16.6. The van der Waals surface area contributed by atoms with E-state index in [4.69, 9.17) is 9.47 Å². The van der Waals surface area contributed by atoms with Crippen molar-refractivity contribution in [1.82, 2.24) is 20.4 Å². The van der Waals surface area contributed by atoms with Crippen LogP contribution in [0.25, 0.3) is 0 Å². The van der Waals surface area contributed by atoms with Crippen molar-refractivity contribution in [3.05, 3.63) is 98.2 Å². The molecule has 0 bridgehead atoms. The number of aromatic nitrogens is 4. The van der Waals surface area contributed by atoms with Gasteiger partial charge >= 0.3 is 5.97 Å². The predicted molar refractivity (Wildman–Crippen MR) is 120 cm³/mol. The number of carbonyl (C=O) groups is 1. The molecule has 0 aliphatic carbocycles. The van der Waals surface area contributed by atoms with Gasteiger partial charge in [0.15, 0.2) is 11.5 Å². The van der Waals surface area contributed by atoms with E-state index in [-0.39, 0.29) is 11.5 Å². The highest BCUT2D eigenvalue weighted by molar-refractivity contribution is 5.91. The Hall–Kier alpha value is -4.07. The first-order chi connectivity index (χ1) is 15.4. The molecule has 4 rings (SSSR count). The molecule has 32 heavy (non-hydrogen) atoms. The Kier molecular flexibility index (Phi) is 5.68. The number of ether oxygens (including phenoxy) is 2. The van der Waals surface area contributed by atoms with Gasteiger partial charge in [0.05, 0.1) is 24.4 Å². The number of esters is 1. The van der Waals surface area contributed by atoms with Gasteiger partial charge in [-0.25, -0.2) is 4.79 Å². The third-order valence-electron chi connectivity index (χ3n) is 5.49. The van der Waals surface area contributed by atoms with E-state index in [0.29, 0.717) is 22.6 Å². The fourth-order valence-corrected chi connectivity index (χ4v) is 3.75. The van der Waals surface area contributed by atoms with Crippen molar-refractivity contribution in [1.29, 1.82) is 0 Å². The molecule has 2 heterocycles. The minimum absolute atomic E-state index is 0.207. The Morgan fingerprint density at radius 1 is 0.969 bits per heavy atom. The number of nitrogens with zero attached hydrogens (tertiary/aromatic N) is 1. The Morgan fingerprint density at radius 2 is 1.72 bits per heavy atom. The van der Waals surface area contributed by atoms with Gasteiger partial charge in [-0.15, -0.1) is 0 Å². The zero-order valence-corrected chi connectivity index (χ0v) is 18.3. The molecule has 3 N–H and O–H groups in total. The maximum atomic E-state index is 12.6. The van der Waals surface area contributed by atoms with Gasteiger partial charge in [-0.2, -0.15) is 5.10 Å². The molecule has 0 amide bonds. The summed E-state index contributed by atoms with van der Waals surface area (Å²) in [6.07, 6.45) is 1.71. The van der Waals surface area contributed by atoms with Gasteiger partial charge in [-0.3, -0.25) is 15.0 Å². The SMILES string of the molecule is COc1cc([C@H](c2cn[nH]c2C)c2c(C)[nH][nH]c2=O)ccc1OC(=O)c1ccc(C)cc1. The van der Waals surface area contributed by atoms with E-state index in [2.05, 4.69) is 20.4 Å². The van der Waals surface area contributed by atoms with E-state index in [0.717, 1.165) is 28.1 Å². The van der Waals surface area contributed by atoms with Gasteiger partial charge in [0.25, 0.3) is 5.56 Å². The van der Waals surface area contributed by atoms with Gasteiger partial charge in [0.1, 0.15) is 0 Å². The van der Waals surface area contributed by atoms with Crippen LogP contribution in [0.15, 0.2) is 53.5 Å². The van der Waals surface area contributed by atoms with Crippen LogP contribution in [-0.2, 0) is 0 Å². The second-order valence-electron chi connectivity index (χ2n) is 7.67. The van der Waals surface area contributed by atoms with Crippen molar-refractivity contribution >= 4 is 5.97 Å². The summed E-state index contributed by atoms with van der Waals surface area (Å²) in [5.74, 6) is -0.182. The van der Waals surface area contributed by atoms with Crippen LogP contribution < -0.4 is 15.0 Å². The summed E-state index contributed by atoms with van der Waals surface area (Å²) in [6.45, 7) is 5.69. The van der Waals surface area contributed by atoms with Gasteiger partial charge in [0, 0.05) is 22.9 Å². The van der Waals surface area contributed by atoms with E-state index in [1.807, 2.05) is 39.0 Å². The molecule has 0 saturated carbocycles. The van der Waals surface area contributed by atoms with Crippen LogP contribution in [0.5, 0.6) is 11.5 Å². The number of benzene rings is 2. The Morgan fingerprint density at radius 3 is 2.31 bits per heavy atom. The van der Waals surface area contributed by atoms with E-state index in [1.165, 1.54) is 7.11 Å². The number of methoxy groups -OCH3 is 1. The van der Waals surface area contributed by atoms with Crippen molar-refractivity contribution in [2.75, 3.05) is 7.11 Å². The van der Waals surface area contributed by atoms with Gasteiger partial charge < -0.3 is 14.6 Å². The first kappa shape index (κ1) is 21.2. The van der Waals surface area contributed by atoms with Crippen molar-refractivity contribution in [3.63, 3.8) is 0 Å². The summed E-state index contributed by atoms with van der Waals surface area (Å²) in [7, 11) is 1.51. The average molecular weight is 432 g/mol. The second-order valence-corrected chi connectivity index (χ2v) is 7.67. The van der Waals surface area contributed by atoms with Crippen LogP contribution in [0.4, 0.5) is 0 Å². The van der Waals surface area contributed by atoms with Crippen LogP contribution in [-0.4, -0.2) is 33.5 Å². The van der Waals surface area contributed by atoms with E-state index in [1.54, 1.807) is 30.5 Å². The highest BCUT2D eigenvalue weighted by Gasteiger charge is 2.27. The summed E-state index contributed by atoms with van der Waals surface area (Å²) >= 11 is 0. The smallest absolute Gasteiger partial charge is 0.343 e. The van der Waals surface area contributed by atoms with Crippen molar-refractivity contribution in [2.24, 2.45) is 0 Å². The first-order valence-corrected chi connectivity index (χ1v) is 10.1. The predicted octanol–water partition coefficient (Wildman–Crippen LogP) is 3.76. The fraction of sp³-hybridized carbons (Fsp3) is 0.208. The number of H-pyrrole nitrogens is 3. The monoisotopic (exact) mass is 432 g/mol. The molecule has 2 aromatic carbocycles. The molecule has 164 valence electrons. The summed E-state index contributed by atoms with van der Waals surface area (Å²) in [4.78, 5) is 25.2. The molecule has 0 fully saturated rings. The molecule has 1 atom stereocenters. The fourth-order valence-electron chi connectivity index (χ4n) is 3.75.